The van der Waals surface area contributed by atoms with Crippen molar-refractivity contribution in [3.8, 4) is 0 Å². The molecule has 0 heterocycles. The van der Waals surface area contributed by atoms with Gasteiger partial charge in [0.2, 0.25) is 0 Å². The van der Waals surface area contributed by atoms with E-state index in [4.69, 9.17) is 17.0 Å². The fourth-order valence-electron chi connectivity index (χ4n) is 1.70. The Labute approximate surface area is 118 Å². The Morgan fingerprint density at radius 3 is 2.06 bits per heavy atom. The van der Waals surface area contributed by atoms with Crippen molar-refractivity contribution in [2.45, 2.75) is 52.6 Å². The van der Waals surface area contributed by atoms with Gasteiger partial charge in [-0.2, -0.15) is 0 Å². The molecule has 0 aliphatic carbocycles. The summed E-state index contributed by atoms with van der Waals surface area (Å²) in [7, 11) is 1.77. The Morgan fingerprint density at radius 2 is 1.72 bits per heavy atom. The molecule has 0 fully saturated rings. The van der Waals surface area contributed by atoms with Crippen molar-refractivity contribution in [1.29, 1.82) is 0 Å². The van der Waals surface area contributed by atoms with Gasteiger partial charge >= 0.3 is 0 Å². The molecule has 0 saturated heterocycles. The lowest BCUT2D eigenvalue weighted by molar-refractivity contribution is 0.0926. The molecule has 0 bridgehead atoms. The molecule has 1 rings (SSSR count). The number of ether oxygens (including phenoxy) is 1. The zero-order chi connectivity index (χ0) is 14.0. The highest BCUT2D eigenvalue weighted by atomic mass is 32.1. The van der Waals surface area contributed by atoms with Crippen LogP contribution in [0.4, 0.5) is 0 Å². The Morgan fingerprint density at radius 1 is 1.22 bits per heavy atom. The predicted octanol–water partition coefficient (Wildman–Crippen LogP) is 5.00. The van der Waals surface area contributed by atoms with Gasteiger partial charge in [0.15, 0.2) is 0 Å². The Bertz CT molecular complexity index is 321. The summed E-state index contributed by atoms with van der Waals surface area (Å²) in [6.07, 6.45) is 2.46. The lowest BCUT2D eigenvalue weighted by atomic mass is 9.92. The van der Waals surface area contributed by atoms with Crippen molar-refractivity contribution in [3.63, 3.8) is 0 Å². The molecule has 0 radical (unpaired) electrons. The first kappa shape index (κ1) is 17.3. The van der Waals surface area contributed by atoms with Crippen LogP contribution in [-0.2, 0) is 4.74 Å². The van der Waals surface area contributed by atoms with Crippen LogP contribution in [0.3, 0.4) is 0 Å². The van der Waals surface area contributed by atoms with Crippen LogP contribution in [0.15, 0.2) is 30.3 Å². The van der Waals surface area contributed by atoms with Crippen molar-refractivity contribution >= 4 is 17.1 Å². The first-order chi connectivity index (χ1) is 8.56. The van der Waals surface area contributed by atoms with Gasteiger partial charge in [-0.25, -0.2) is 0 Å². The first-order valence-electron chi connectivity index (χ1n) is 6.63. The molecule has 0 amide bonds. The lowest BCUT2D eigenvalue weighted by Crippen LogP contribution is -2.16. The molecule has 0 N–H and O–H groups in total. The molecule has 0 aliphatic heterocycles. The van der Waals surface area contributed by atoms with E-state index in [2.05, 4.69) is 45.0 Å². The topological polar surface area (TPSA) is 9.23 Å². The van der Waals surface area contributed by atoms with E-state index in [-0.39, 0.29) is 0 Å². The van der Waals surface area contributed by atoms with Gasteiger partial charge in [-0.1, -0.05) is 56.4 Å². The fraction of sp³-hybridized carbons (Fsp3) is 0.562. The highest BCUT2D eigenvalue weighted by molar-refractivity contribution is 7.80. The molecular formula is C16H26OS. The zero-order valence-electron chi connectivity index (χ0n) is 12.3. The highest BCUT2D eigenvalue weighted by Gasteiger charge is 2.15. The molecule has 0 saturated carbocycles. The van der Waals surface area contributed by atoms with E-state index < -0.39 is 0 Å². The van der Waals surface area contributed by atoms with Gasteiger partial charge in [0, 0.05) is 13.0 Å². The van der Waals surface area contributed by atoms with Gasteiger partial charge in [-0.15, -0.1) is 0 Å². The SMILES string of the molecule is CCC(C)=S.CCC(c1ccccc1)C(C)OC. The minimum absolute atomic E-state index is 0.299. The third-order valence-electron chi connectivity index (χ3n) is 3.10. The van der Waals surface area contributed by atoms with E-state index in [0.29, 0.717) is 12.0 Å². The van der Waals surface area contributed by atoms with Crippen LogP contribution in [0.25, 0.3) is 0 Å². The molecule has 0 aliphatic rings. The zero-order valence-corrected chi connectivity index (χ0v) is 13.1. The minimum atomic E-state index is 0.299. The Kier molecular flexibility index (Phi) is 9.80. The monoisotopic (exact) mass is 266 g/mol. The number of methoxy groups -OCH3 is 1. The largest absolute Gasteiger partial charge is 0.381 e. The van der Waals surface area contributed by atoms with Crippen molar-refractivity contribution in [3.05, 3.63) is 35.9 Å². The average Bonchev–Trinajstić information content (AvgIpc) is 2.41. The molecule has 18 heavy (non-hydrogen) atoms. The maximum absolute atomic E-state index is 5.36. The Hall–Kier alpha value is -0.730. The van der Waals surface area contributed by atoms with Crippen molar-refractivity contribution in [2.24, 2.45) is 0 Å². The molecule has 2 unspecified atom stereocenters. The van der Waals surface area contributed by atoms with E-state index in [1.807, 2.05) is 13.0 Å². The minimum Gasteiger partial charge on any atom is -0.381 e. The predicted molar refractivity (Wildman–Crippen MR) is 84.5 cm³/mol. The number of hydrogen-bond acceptors (Lipinski definition) is 2. The molecule has 0 aromatic heterocycles. The van der Waals surface area contributed by atoms with Gasteiger partial charge < -0.3 is 4.74 Å². The van der Waals surface area contributed by atoms with E-state index in [1.165, 1.54) is 5.56 Å². The molecule has 102 valence electrons. The summed E-state index contributed by atoms with van der Waals surface area (Å²) >= 11 is 4.70. The first-order valence-corrected chi connectivity index (χ1v) is 7.04. The Balaban J connectivity index is 0.000000494. The standard InChI is InChI=1S/C12H18O.C4H8S/c1-4-12(10(2)13-3)11-8-6-5-7-9-11;1-3-4(2)5/h5-10,12H,4H2,1-3H3;3H2,1-2H3. The maximum atomic E-state index is 5.36. The second-order valence-corrected chi connectivity index (χ2v) is 5.12. The molecule has 2 atom stereocenters. The molecule has 0 spiro atoms. The fourth-order valence-corrected chi connectivity index (χ4v) is 1.70. The van der Waals surface area contributed by atoms with Gasteiger partial charge in [0.05, 0.1) is 6.10 Å². The number of benzene rings is 1. The number of thiocarbonyl (C=S) groups is 1. The highest BCUT2D eigenvalue weighted by Crippen LogP contribution is 2.24. The second kappa shape index (κ2) is 10.2. The summed E-state index contributed by atoms with van der Waals surface area (Å²) in [5.74, 6) is 0.520. The van der Waals surface area contributed by atoms with E-state index in [9.17, 15) is 0 Å². The maximum Gasteiger partial charge on any atom is 0.0611 e. The molecular weight excluding hydrogens is 240 g/mol. The average molecular weight is 266 g/mol. The van der Waals surface area contributed by atoms with Gasteiger partial charge in [0.1, 0.15) is 0 Å². The van der Waals surface area contributed by atoms with Crippen molar-refractivity contribution in [2.75, 3.05) is 7.11 Å². The van der Waals surface area contributed by atoms with Gasteiger partial charge in [-0.05, 0) is 37.1 Å². The normalized spacial score (nSPS) is 13.2. The van der Waals surface area contributed by atoms with E-state index in [0.717, 1.165) is 17.7 Å². The third kappa shape index (κ3) is 6.87. The summed E-state index contributed by atoms with van der Waals surface area (Å²) in [5.41, 5.74) is 1.37. The summed E-state index contributed by atoms with van der Waals surface area (Å²) < 4.78 is 5.36. The quantitative estimate of drug-likeness (QED) is 0.693. The molecule has 2 heteroatoms. The van der Waals surface area contributed by atoms with E-state index in [1.54, 1.807) is 7.11 Å². The summed E-state index contributed by atoms with van der Waals surface area (Å²) in [6.45, 7) is 8.34. The van der Waals surface area contributed by atoms with Crippen molar-refractivity contribution < 1.29 is 4.74 Å². The van der Waals surface area contributed by atoms with Crippen LogP contribution in [0.2, 0.25) is 0 Å². The van der Waals surface area contributed by atoms with Crippen LogP contribution in [-0.4, -0.2) is 18.1 Å². The van der Waals surface area contributed by atoms with Crippen LogP contribution in [0, 0.1) is 0 Å². The molecule has 1 aromatic rings. The number of rotatable bonds is 5. The summed E-state index contributed by atoms with van der Waals surface area (Å²) in [6, 6.07) is 10.6. The summed E-state index contributed by atoms with van der Waals surface area (Å²) in [4.78, 5) is 1.09. The summed E-state index contributed by atoms with van der Waals surface area (Å²) in [5, 5.41) is 0. The van der Waals surface area contributed by atoms with Crippen LogP contribution < -0.4 is 0 Å². The van der Waals surface area contributed by atoms with Crippen molar-refractivity contribution in [1.82, 2.24) is 0 Å². The smallest absolute Gasteiger partial charge is 0.0611 e. The van der Waals surface area contributed by atoms with Crippen LogP contribution in [0.5, 0.6) is 0 Å². The van der Waals surface area contributed by atoms with Crippen LogP contribution in [0.1, 0.15) is 52.0 Å². The van der Waals surface area contributed by atoms with Crippen LogP contribution >= 0.6 is 12.2 Å². The molecule has 1 aromatic carbocycles. The molecule has 1 nitrogen and oxygen atoms in total. The van der Waals surface area contributed by atoms with E-state index >= 15 is 0 Å². The third-order valence-corrected chi connectivity index (χ3v) is 3.39. The lowest BCUT2D eigenvalue weighted by Gasteiger charge is -2.21. The van der Waals surface area contributed by atoms with Gasteiger partial charge in [0.25, 0.3) is 0 Å². The van der Waals surface area contributed by atoms with Gasteiger partial charge in [-0.3, -0.25) is 0 Å². The second-order valence-electron chi connectivity index (χ2n) is 4.42. The number of hydrogen-bond donors (Lipinski definition) is 0.